The zero-order valence-electron chi connectivity index (χ0n) is 13.4. The van der Waals surface area contributed by atoms with E-state index in [0.717, 1.165) is 11.4 Å². The Labute approximate surface area is 141 Å². The van der Waals surface area contributed by atoms with Gasteiger partial charge in [-0.3, -0.25) is 10.1 Å². The number of rotatable bonds is 7. The van der Waals surface area contributed by atoms with E-state index in [-0.39, 0.29) is 17.1 Å². The average molecular weight is 357 g/mol. The van der Waals surface area contributed by atoms with E-state index in [0.29, 0.717) is 11.0 Å². The van der Waals surface area contributed by atoms with Gasteiger partial charge in [0.15, 0.2) is 11.5 Å². The molecule has 0 saturated carbocycles. The van der Waals surface area contributed by atoms with Crippen molar-refractivity contribution in [1.82, 2.24) is 10.2 Å². The van der Waals surface area contributed by atoms with Gasteiger partial charge in [-0.25, -0.2) is 0 Å². The summed E-state index contributed by atoms with van der Waals surface area (Å²) in [5.74, 6) is -0.497. The summed E-state index contributed by atoms with van der Waals surface area (Å²) in [6, 6.07) is 4.31. The molecule has 2 rings (SSSR count). The van der Waals surface area contributed by atoms with E-state index in [1.807, 2.05) is 13.8 Å². The second-order valence-electron chi connectivity index (χ2n) is 5.27. The highest BCUT2D eigenvalue weighted by atomic mass is 32.1. The molecule has 0 aliphatic heterocycles. The van der Waals surface area contributed by atoms with Crippen molar-refractivity contribution in [3.8, 4) is 11.5 Å². The Bertz CT molecular complexity index is 707. The van der Waals surface area contributed by atoms with Crippen LogP contribution >= 0.6 is 11.3 Å². The van der Waals surface area contributed by atoms with Crippen molar-refractivity contribution in [2.45, 2.75) is 26.9 Å². The Balaban J connectivity index is 2.21. The number of hydrogen-bond acceptors (Lipinski definition) is 6. The largest absolute Gasteiger partial charge is 0.493 e. The third-order valence-electron chi connectivity index (χ3n) is 2.92. The van der Waals surface area contributed by atoms with Gasteiger partial charge in [0.2, 0.25) is 5.13 Å². The zero-order chi connectivity index (χ0) is 17.7. The normalized spacial score (nSPS) is 11.0. The van der Waals surface area contributed by atoms with Gasteiger partial charge in [-0.05, 0) is 18.1 Å². The van der Waals surface area contributed by atoms with Crippen LogP contribution in [0, 0.1) is 5.92 Å². The molecule has 0 spiro atoms. The number of halogens is 2. The smallest absolute Gasteiger partial charge is 0.387 e. The highest BCUT2D eigenvalue weighted by Gasteiger charge is 2.21. The lowest BCUT2D eigenvalue weighted by Gasteiger charge is -2.13. The minimum atomic E-state index is -3.08. The first-order valence-electron chi connectivity index (χ1n) is 7.16. The van der Waals surface area contributed by atoms with Crippen molar-refractivity contribution in [2.75, 3.05) is 12.4 Å². The highest BCUT2D eigenvalue weighted by Crippen LogP contribution is 2.33. The molecule has 9 heteroatoms. The third kappa shape index (κ3) is 4.60. The van der Waals surface area contributed by atoms with Gasteiger partial charge in [-0.2, -0.15) is 8.78 Å². The summed E-state index contributed by atoms with van der Waals surface area (Å²) in [5.41, 5.74) is -0.0738. The molecule has 24 heavy (non-hydrogen) atoms. The Morgan fingerprint density at radius 3 is 2.71 bits per heavy atom. The molecule has 2 aromatic rings. The highest BCUT2D eigenvalue weighted by molar-refractivity contribution is 7.15. The molecule has 0 atom stereocenters. The van der Waals surface area contributed by atoms with Crippen molar-refractivity contribution >= 4 is 22.4 Å². The van der Waals surface area contributed by atoms with E-state index in [1.54, 1.807) is 0 Å². The van der Waals surface area contributed by atoms with Crippen molar-refractivity contribution in [3.05, 3.63) is 28.8 Å². The van der Waals surface area contributed by atoms with Crippen LogP contribution in [0.5, 0.6) is 11.5 Å². The van der Waals surface area contributed by atoms with Crippen LogP contribution in [-0.2, 0) is 6.42 Å². The lowest BCUT2D eigenvalue weighted by atomic mass is 10.1. The number of amides is 1. The lowest BCUT2D eigenvalue weighted by molar-refractivity contribution is -0.0515. The number of carbonyl (C=O) groups is 1. The fourth-order valence-corrected chi connectivity index (χ4v) is 2.91. The predicted molar refractivity (Wildman–Crippen MR) is 86.0 cm³/mol. The van der Waals surface area contributed by atoms with E-state index in [1.165, 1.54) is 36.6 Å². The van der Waals surface area contributed by atoms with Crippen LogP contribution in [0.25, 0.3) is 0 Å². The number of carbonyl (C=O) groups excluding carboxylic acids is 1. The maximum absolute atomic E-state index is 12.6. The Morgan fingerprint density at radius 2 is 2.08 bits per heavy atom. The van der Waals surface area contributed by atoms with Crippen molar-refractivity contribution < 1.29 is 23.0 Å². The first kappa shape index (κ1) is 18.1. The van der Waals surface area contributed by atoms with Crippen LogP contribution in [0.1, 0.15) is 29.2 Å². The van der Waals surface area contributed by atoms with E-state index < -0.39 is 12.5 Å². The predicted octanol–water partition coefficient (Wildman–Crippen LogP) is 3.60. The summed E-state index contributed by atoms with van der Waals surface area (Å²) in [6.45, 7) is 1.01. The Morgan fingerprint density at radius 1 is 1.33 bits per heavy atom. The average Bonchev–Trinajstić information content (AvgIpc) is 2.92. The van der Waals surface area contributed by atoms with Crippen LogP contribution in [-0.4, -0.2) is 29.8 Å². The maximum Gasteiger partial charge on any atom is 0.387 e. The standard InChI is InChI=1S/C15H17F2N3O3S/c1-8(2)7-11-19-20-15(24-11)18-13(21)9-5-4-6-10(22-3)12(9)23-14(16)17/h4-6,8,14H,7H2,1-3H3,(H,18,20,21). The quantitative estimate of drug-likeness (QED) is 0.820. The van der Waals surface area contributed by atoms with Crippen molar-refractivity contribution in [2.24, 2.45) is 5.92 Å². The monoisotopic (exact) mass is 357 g/mol. The molecule has 0 radical (unpaired) electrons. The number of ether oxygens (including phenoxy) is 2. The lowest BCUT2D eigenvalue weighted by Crippen LogP contribution is -2.15. The van der Waals surface area contributed by atoms with E-state index in [9.17, 15) is 13.6 Å². The zero-order valence-corrected chi connectivity index (χ0v) is 14.2. The molecule has 130 valence electrons. The van der Waals surface area contributed by atoms with E-state index in [2.05, 4.69) is 20.3 Å². The number of methoxy groups -OCH3 is 1. The van der Waals surface area contributed by atoms with Gasteiger partial charge < -0.3 is 9.47 Å². The van der Waals surface area contributed by atoms with Gasteiger partial charge in [0.05, 0.1) is 12.7 Å². The van der Waals surface area contributed by atoms with Gasteiger partial charge in [0, 0.05) is 6.42 Å². The molecule has 1 heterocycles. The van der Waals surface area contributed by atoms with Gasteiger partial charge >= 0.3 is 6.61 Å². The SMILES string of the molecule is COc1cccc(C(=O)Nc2nnc(CC(C)C)s2)c1OC(F)F. The number of benzene rings is 1. The third-order valence-corrected chi connectivity index (χ3v) is 3.78. The molecule has 0 saturated heterocycles. The topological polar surface area (TPSA) is 73.3 Å². The van der Waals surface area contributed by atoms with Gasteiger partial charge in [-0.15, -0.1) is 10.2 Å². The molecule has 0 fully saturated rings. The molecule has 0 bridgehead atoms. The number of nitrogens with one attached hydrogen (secondary N) is 1. The molecule has 0 unspecified atom stereocenters. The minimum Gasteiger partial charge on any atom is -0.493 e. The van der Waals surface area contributed by atoms with Crippen LogP contribution in [0.2, 0.25) is 0 Å². The summed E-state index contributed by atoms with van der Waals surface area (Å²) >= 11 is 1.24. The fraction of sp³-hybridized carbons (Fsp3) is 0.400. The summed E-state index contributed by atoms with van der Waals surface area (Å²) in [4.78, 5) is 12.4. The first-order valence-corrected chi connectivity index (χ1v) is 7.98. The molecule has 0 aliphatic rings. The number of nitrogens with zero attached hydrogens (tertiary/aromatic N) is 2. The van der Waals surface area contributed by atoms with Crippen LogP contribution < -0.4 is 14.8 Å². The second kappa shape index (κ2) is 8.00. The number of alkyl halides is 2. The van der Waals surface area contributed by atoms with E-state index >= 15 is 0 Å². The second-order valence-corrected chi connectivity index (χ2v) is 6.33. The van der Waals surface area contributed by atoms with Crippen molar-refractivity contribution in [3.63, 3.8) is 0 Å². The van der Waals surface area contributed by atoms with Gasteiger partial charge in [0.1, 0.15) is 5.01 Å². The molecule has 0 aliphatic carbocycles. The molecule has 6 nitrogen and oxygen atoms in total. The van der Waals surface area contributed by atoms with Crippen LogP contribution in [0.15, 0.2) is 18.2 Å². The Kier molecular flexibility index (Phi) is 6.02. The van der Waals surface area contributed by atoms with Gasteiger partial charge in [0.25, 0.3) is 5.91 Å². The Hall–Kier alpha value is -2.29. The summed E-state index contributed by atoms with van der Waals surface area (Å²) in [7, 11) is 1.30. The number of para-hydroxylation sites is 1. The van der Waals surface area contributed by atoms with Crippen LogP contribution in [0.4, 0.5) is 13.9 Å². The molecule has 1 N–H and O–H groups in total. The molecule has 1 amide bonds. The maximum atomic E-state index is 12.6. The first-order chi connectivity index (χ1) is 11.4. The van der Waals surface area contributed by atoms with Gasteiger partial charge in [-0.1, -0.05) is 31.3 Å². The summed E-state index contributed by atoms with van der Waals surface area (Å²) < 4.78 is 34.6. The van der Waals surface area contributed by atoms with Crippen molar-refractivity contribution in [1.29, 1.82) is 0 Å². The molecular weight excluding hydrogens is 340 g/mol. The number of anilines is 1. The number of aromatic nitrogens is 2. The minimum absolute atomic E-state index is 0.0423. The number of hydrogen-bond donors (Lipinski definition) is 1. The molecule has 1 aromatic heterocycles. The molecular formula is C15H17F2N3O3S. The van der Waals surface area contributed by atoms with E-state index in [4.69, 9.17) is 4.74 Å². The fourth-order valence-electron chi connectivity index (χ4n) is 1.97. The van der Waals surface area contributed by atoms with Crippen LogP contribution in [0.3, 0.4) is 0 Å². The summed E-state index contributed by atoms with van der Waals surface area (Å²) in [5, 5.41) is 11.5. The molecule has 1 aromatic carbocycles. The summed E-state index contributed by atoms with van der Waals surface area (Å²) in [6.07, 6.45) is 0.743.